The van der Waals surface area contributed by atoms with E-state index in [1.165, 1.54) is 13.2 Å². The number of nitrogens with zero attached hydrogens (tertiary/aromatic N) is 1. The molecule has 0 aliphatic rings. The third-order valence-electron chi connectivity index (χ3n) is 2.69. The Kier molecular flexibility index (Phi) is 3.72. The summed E-state index contributed by atoms with van der Waals surface area (Å²) in [6, 6.07) is 4.57. The number of hydrogen-bond acceptors (Lipinski definition) is 4. The monoisotopic (exact) mass is 238 g/mol. The number of nitrogens with two attached hydrogens (primary N) is 1. The maximum atomic E-state index is 10.9. The van der Waals surface area contributed by atoms with Crippen LogP contribution in [-0.4, -0.2) is 12.0 Å². The van der Waals surface area contributed by atoms with Gasteiger partial charge in [-0.1, -0.05) is 26.8 Å². The molecule has 0 heterocycles. The van der Waals surface area contributed by atoms with Crippen LogP contribution in [-0.2, 0) is 0 Å². The van der Waals surface area contributed by atoms with Crippen molar-refractivity contribution < 1.29 is 9.66 Å². The number of hydrogen-bond donors (Lipinski definition) is 1. The van der Waals surface area contributed by atoms with E-state index in [2.05, 4.69) is 0 Å². The van der Waals surface area contributed by atoms with Gasteiger partial charge in [0.1, 0.15) is 0 Å². The molecule has 1 aromatic carbocycles. The van der Waals surface area contributed by atoms with Gasteiger partial charge in [0.15, 0.2) is 5.75 Å². The van der Waals surface area contributed by atoms with Crippen LogP contribution in [0.4, 0.5) is 5.69 Å². The summed E-state index contributed by atoms with van der Waals surface area (Å²) in [7, 11) is 1.41. The first kappa shape index (κ1) is 13.4. The van der Waals surface area contributed by atoms with Crippen LogP contribution in [0.2, 0.25) is 0 Å². The summed E-state index contributed by atoms with van der Waals surface area (Å²) in [5.41, 5.74) is 6.61. The van der Waals surface area contributed by atoms with Crippen LogP contribution < -0.4 is 10.5 Å². The van der Waals surface area contributed by atoms with Gasteiger partial charge in [-0.15, -0.1) is 0 Å². The molecular weight excluding hydrogens is 220 g/mol. The largest absolute Gasteiger partial charge is 0.490 e. The maximum Gasteiger partial charge on any atom is 0.311 e. The van der Waals surface area contributed by atoms with Crippen molar-refractivity contribution in [2.24, 2.45) is 11.1 Å². The third kappa shape index (κ3) is 2.94. The van der Waals surface area contributed by atoms with Gasteiger partial charge in [-0.2, -0.15) is 0 Å². The van der Waals surface area contributed by atoms with Crippen LogP contribution in [0.3, 0.4) is 0 Å². The lowest BCUT2D eigenvalue weighted by atomic mass is 9.83. The minimum Gasteiger partial charge on any atom is -0.490 e. The van der Waals surface area contributed by atoms with Crippen LogP contribution in [0.15, 0.2) is 18.2 Å². The molecule has 0 aromatic heterocycles. The van der Waals surface area contributed by atoms with Crippen molar-refractivity contribution >= 4 is 5.69 Å². The molecule has 0 amide bonds. The Morgan fingerprint density at radius 1 is 1.41 bits per heavy atom. The lowest BCUT2D eigenvalue weighted by Crippen LogP contribution is -2.26. The van der Waals surface area contributed by atoms with Gasteiger partial charge in [-0.05, 0) is 17.0 Å². The van der Waals surface area contributed by atoms with Crippen LogP contribution in [0.5, 0.6) is 5.75 Å². The van der Waals surface area contributed by atoms with Crippen molar-refractivity contribution in [3.05, 3.63) is 33.9 Å². The Hall–Kier alpha value is -1.62. The first-order valence-corrected chi connectivity index (χ1v) is 5.35. The first-order valence-electron chi connectivity index (χ1n) is 5.35. The fourth-order valence-electron chi connectivity index (χ4n) is 1.54. The molecule has 0 spiro atoms. The molecule has 0 saturated heterocycles. The zero-order valence-corrected chi connectivity index (χ0v) is 10.6. The van der Waals surface area contributed by atoms with Crippen molar-refractivity contribution in [1.29, 1.82) is 0 Å². The molecule has 5 heteroatoms. The van der Waals surface area contributed by atoms with E-state index in [4.69, 9.17) is 10.5 Å². The fraction of sp³-hybridized carbons (Fsp3) is 0.500. The topological polar surface area (TPSA) is 78.4 Å². The zero-order valence-electron chi connectivity index (χ0n) is 10.6. The van der Waals surface area contributed by atoms with Crippen molar-refractivity contribution in [2.45, 2.75) is 26.8 Å². The minimum absolute atomic E-state index is 0.0512. The van der Waals surface area contributed by atoms with Crippen LogP contribution in [0.25, 0.3) is 0 Å². The van der Waals surface area contributed by atoms with Crippen molar-refractivity contribution in [3.8, 4) is 5.75 Å². The molecule has 2 N–H and O–H groups in total. The van der Waals surface area contributed by atoms with E-state index in [1.54, 1.807) is 12.1 Å². The first-order chi connectivity index (χ1) is 7.77. The second-order valence-electron chi connectivity index (χ2n) is 5.03. The van der Waals surface area contributed by atoms with Gasteiger partial charge in [0.25, 0.3) is 0 Å². The van der Waals surface area contributed by atoms with E-state index in [9.17, 15) is 10.1 Å². The van der Waals surface area contributed by atoms with Gasteiger partial charge in [0.05, 0.1) is 12.0 Å². The molecule has 5 nitrogen and oxygen atoms in total. The lowest BCUT2D eigenvalue weighted by Gasteiger charge is -2.27. The quantitative estimate of drug-likeness (QED) is 0.648. The normalized spacial score (nSPS) is 13.2. The predicted molar refractivity (Wildman–Crippen MR) is 66.0 cm³/mol. The number of nitro groups is 1. The molecule has 17 heavy (non-hydrogen) atoms. The minimum atomic E-state index is -0.461. The third-order valence-corrected chi connectivity index (χ3v) is 2.69. The molecule has 0 fully saturated rings. The Bertz CT molecular complexity index is 424. The van der Waals surface area contributed by atoms with E-state index >= 15 is 0 Å². The van der Waals surface area contributed by atoms with E-state index in [-0.39, 0.29) is 22.9 Å². The average Bonchev–Trinajstić information content (AvgIpc) is 2.25. The van der Waals surface area contributed by atoms with Crippen LogP contribution >= 0.6 is 0 Å². The van der Waals surface area contributed by atoms with Gasteiger partial charge < -0.3 is 10.5 Å². The highest BCUT2D eigenvalue weighted by Crippen LogP contribution is 2.35. The number of methoxy groups -OCH3 is 1. The summed E-state index contributed by atoms with van der Waals surface area (Å²) in [4.78, 5) is 10.4. The highest BCUT2D eigenvalue weighted by atomic mass is 16.6. The lowest BCUT2D eigenvalue weighted by molar-refractivity contribution is -0.385. The molecule has 1 atom stereocenters. The molecule has 0 aliphatic heterocycles. The summed E-state index contributed by atoms with van der Waals surface area (Å²) < 4.78 is 4.94. The smallest absolute Gasteiger partial charge is 0.311 e. The van der Waals surface area contributed by atoms with Gasteiger partial charge in [-0.25, -0.2) is 0 Å². The van der Waals surface area contributed by atoms with Gasteiger partial charge in [0, 0.05) is 12.1 Å². The highest BCUT2D eigenvalue weighted by Gasteiger charge is 2.25. The maximum absolute atomic E-state index is 10.9. The second-order valence-corrected chi connectivity index (χ2v) is 5.03. The Balaban J connectivity index is 3.21. The Labute approximate surface area is 101 Å². The van der Waals surface area contributed by atoms with Crippen molar-refractivity contribution in [3.63, 3.8) is 0 Å². The van der Waals surface area contributed by atoms with E-state index in [1.807, 2.05) is 20.8 Å². The molecule has 0 bridgehead atoms. The molecule has 0 saturated carbocycles. The second kappa shape index (κ2) is 4.71. The average molecular weight is 238 g/mol. The molecule has 94 valence electrons. The molecule has 1 aromatic rings. The van der Waals surface area contributed by atoms with E-state index in [0.29, 0.717) is 0 Å². The molecule has 0 unspecified atom stereocenters. The van der Waals surface area contributed by atoms with Crippen molar-refractivity contribution in [1.82, 2.24) is 0 Å². The molecule has 1 rings (SSSR count). The van der Waals surface area contributed by atoms with E-state index in [0.717, 1.165) is 5.56 Å². The summed E-state index contributed by atoms with van der Waals surface area (Å²) in [5.74, 6) is 0.250. The summed E-state index contributed by atoms with van der Waals surface area (Å²) in [6.45, 7) is 5.98. The van der Waals surface area contributed by atoms with Crippen molar-refractivity contribution in [2.75, 3.05) is 7.11 Å². The van der Waals surface area contributed by atoms with Crippen LogP contribution in [0.1, 0.15) is 32.4 Å². The number of rotatable bonds is 3. The molecule has 0 aliphatic carbocycles. The molecular formula is C12H18N2O3. The number of benzene rings is 1. The zero-order chi connectivity index (χ0) is 13.2. The fourth-order valence-corrected chi connectivity index (χ4v) is 1.54. The standard InChI is InChI=1S/C12H18N2O3/c1-12(2,3)11(13)8-5-6-10(17-4)9(7-8)14(15)16/h5-7,11H,13H2,1-4H3/t11-/m1/s1. The summed E-state index contributed by atoms with van der Waals surface area (Å²) >= 11 is 0. The summed E-state index contributed by atoms with van der Waals surface area (Å²) in [5, 5.41) is 10.9. The predicted octanol–water partition coefficient (Wildman–Crippen LogP) is 2.65. The van der Waals surface area contributed by atoms with Crippen LogP contribution in [0, 0.1) is 15.5 Å². The van der Waals surface area contributed by atoms with Gasteiger partial charge in [0.2, 0.25) is 0 Å². The van der Waals surface area contributed by atoms with E-state index < -0.39 is 4.92 Å². The summed E-state index contributed by atoms with van der Waals surface area (Å²) in [6.07, 6.45) is 0. The number of nitro benzene ring substituents is 1. The number of ether oxygens (including phenoxy) is 1. The Morgan fingerprint density at radius 2 is 2.00 bits per heavy atom. The molecule has 0 radical (unpaired) electrons. The van der Waals surface area contributed by atoms with Gasteiger partial charge in [-0.3, -0.25) is 10.1 Å². The SMILES string of the molecule is COc1ccc([C@@H](N)C(C)(C)C)cc1[N+](=O)[O-]. The Morgan fingerprint density at radius 3 is 2.41 bits per heavy atom. The van der Waals surface area contributed by atoms with Gasteiger partial charge >= 0.3 is 5.69 Å². The highest BCUT2D eigenvalue weighted by molar-refractivity contribution is 5.49.